The number of carbonyl (C=O) groups is 2. The van der Waals surface area contributed by atoms with Crippen LogP contribution in [-0.4, -0.2) is 38.0 Å². The molecule has 0 atom stereocenters. The summed E-state index contributed by atoms with van der Waals surface area (Å²) in [5, 5.41) is 0. The predicted octanol–water partition coefficient (Wildman–Crippen LogP) is 3.14. The summed E-state index contributed by atoms with van der Waals surface area (Å²) < 4.78 is 21.7. The standard InChI is InChI=1S/C18H22O6/c1-9(2)23-17-15(19)13-11(21-5)7-8-12(22-6)14(13)16(20)18(17)24-10(3)4/h7-10H,1-6H3. The van der Waals surface area contributed by atoms with E-state index in [0.29, 0.717) is 0 Å². The van der Waals surface area contributed by atoms with Crippen molar-refractivity contribution in [3.05, 3.63) is 34.8 Å². The van der Waals surface area contributed by atoms with Gasteiger partial charge in [0.2, 0.25) is 23.1 Å². The second-order valence-corrected chi connectivity index (χ2v) is 5.87. The van der Waals surface area contributed by atoms with Crippen molar-refractivity contribution in [2.75, 3.05) is 14.2 Å². The molecule has 0 saturated carbocycles. The maximum Gasteiger partial charge on any atom is 0.236 e. The van der Waals surface area contributed by atoms with Crippen molar-refractivity contribution < 1.29 is 28.5 Å². The molecule has 0 spiro atoms. The van der Waals surface area contributed by atoms with Gasteiger partial charge in [-0.3, -0.25) is 9.59 Å². The lowest BCUT2D eigenvalue weighted by atomic mass is 9.90. The zero-order valence-electron chi connectivity index (χ0n) is 14.8. The highest BCUT2D eigenvalue weighted by Crippen LogP contribution is 2.39. The van der Waals surface area contributed by atoms with E-state index in [1.165, 1.54) is 14.2 Å². The topological polar surface area (TPSA) is 71.1 Å². The minimum absolute atomic E-state index is 0.0947. The Balaban J connectivity index is 2.73. The summed E-state index contributed by atoms with van der Waals surface area (Å²) in [6, 6.07) is 3.17. The van der Waals surface area contributed by atoms with E-state index in [1.807, 2.05) is 0 Å². The van der Waals surface area contributed by atoms with Crippen LogP contribution in [0.15, 0.2) is 23.7 Å². The third kappa shape index (κ3) is 3.09. The van der Waals surface area contributed by atoms with Crippen LogP contribution in [0.1, 0.15) is 48.4 Å². The summed E-state index contributed by atoms with van der Waals surface area (Å²) >= 11 is 0. The average Bonchev–Trinajstić information content (AvgIpc) is 2.53. The highest BCUT2D eigenvalue weighted by molar-refractivity contribution is 6.27. The maximum absolute atomic E-state index is 13.0. The summed E-state index contributed by atoms with van der Waals surface area (Å²) in [6.07, 6.45) is -0.582. The van der Waals surface area contributed by atoms with Crippen molar-refractivity contribution in [2.24, 2.45) is 0 Å². The highest BCUT2D eigenvalue weighted by Gasteiger charge is 2.40. The molecule has 0 fully saturated rings. The Morgan fingerprint density at radius 1 is 0.708 bits per heavy atom. The smallest absolute Gasteiger partial charge is 0.236 e. The lowest BCUT2D eigenvalue weighted by Gasteiger charge is -2.26. The van der Waals surface area contributed by atoms with E-state index in [4.69, 9.17) is 18.9 Å². The number of Topliss-reactive ketones (excluding diaryl/α,β-unsaturated/α-hetero) is 2. The molecule has 0 amide bonds. The van der Waals surface area contributed by atoms with Crippen LogP contribution in [0.5, 0.6) is 11.5 Å². The van der Waals surface area contributed by atoms with E-state index >= 15 is 0 Å². The van der Waals surface area contributed by atoms with Crippen LogP contribution < -0.4 is 9.47 Å². The van der Waals surface area contributed by atoms with Crippen molar-refractivity contribution in [2.45, 2.75) is 39.9 Å². The predicted molar refractivity (Wildman–Crippen MR) is 87.7 cm³/mol. The quantitative estimate of drug-likeness (QED) is 0.796. The number of ether oxygens (including phenoxy) is 4. The van der Waals surface area contributed by atoms with Gasteiger partial charge in [-0.25, -0.2) is 0 Å². The molecule has 0 aliphatic heterocycles. The second-order valence-electron chi connectivity index (χ2n) is 5.87. The maximum atomic E-state index is 13.0. The SMILES string of the molecule is COc1ccc(OC)c2c1C(=O)C(OC(C)C)=C(OC(C)C)C2=O. The molecule has 1 aromatic carbocycles. The first-order valence-electron chi connectivity index (χ1n) is 7.73. The van der Waals surface area contributed by atoms with Crippen LogP contribution in [0, 0.1) is 0 Å². The van der Waals surface area contributed by atoms with E-state index in [0.717, 1.165) is 0 Å². The third-order valence-electron chi connectivity index (χ3n) is 3.35. The van der Waals surface area contributed by atoms with Gasteiger partial charge in [-0.15, -0.1) is 0 Å². The number of hydrogen-bond acceptors (Lipinski definition) is 6. The summed E-state index contributed by atoms with van der Waals surface area (Å²) in [7, 11) is 2.87. The first-order chi connectivity index (χ1) is 11.3. The first kappa shape index (κ1) is 17.8. The summed E-state index contributed by atoms with van der Waals surface area (Å²) in [6.45, 7) is 7.10. The number of rotatable bonds is 6. The Morgan fingerprint density at radius 3 is 1.29 bits per heavy atom. The van der Waals surface area contributed by atoms with Gasteiger partial charge in [-0.2, -0.15) is 0 Å². The molecule has 1 aliphatic rings. The Morgan fingerprint density at radius 2 is 1.04 bits per heavy atom. The van der Waals surface area contributed by atoms with Gasteiger partial charge in [0, 0.05) is 0 Å². The number of ketones is 2. The zero-order chi connectivity index (χ0) is 18.0. The van der Waals surface area contributed by atoms with Crippen LogP contribution in [0.25, 0.3) is 0 Å². The van der Waals surface area contributed by atoms with Crippen molar-refractivity contribution in [1.29, 1.82) is 0 Å². The normalized spacial score (nSPS) is 14.2. The minimum Gasteiger partial charge on any atom is -0.496 e. The van der Waals surface area contributed by atoms with Crippen LogP contribution >= 0.6 is 0 Å². The van der Waals surface area contributed by atoms with E-state index in [2.05, 4.69) is 0 Å². The molecule has 130 valence electrons. The number of fused-ring (bicyclic) bond motifs is 1. The molecule has 2 rings (SSSR count). The molecule has 0 saturated heterocycles. The molecule has 6 heteroatoms. The van der Waals surface area contributed by atoms with Gasteiger partial charge in [-0.1, -0.05) is 0 Å². The van der Waals surface area contributed by atoms with Gasteiger partial charge in [0.1, 0.15) is 11.5 Å². The van der Waals surface area contributed by atoms with Crippen LogP contribution in [0.4, 0.5) is 0 Å². The summed E-state index contributed by atoms with van der Waals surface area (Å²) in [5.41, 5.74) is 0.266. The van der Waals surface area contributed by atoms with Crippen molar-refractivity contribution in [1.82, 2.24) is 0 Å². The van der Waals surface area contributed by atoms with Gasteiger partial charge < -0.3 is 18.9 Å². The lowest BCUT2D eigenvalue weighted by molar-refractivity contribution is 0.0590. The molecule has 0 heterocycles. The molecule has 0 aromatic heterocycles. The van der Waals surface area contributed by atoms with E-state index in [1.54, 1.807) is 39.8 Å². The molecule has 6 nitrogen and oxygen atoms in total. The van der Waals surface area contributed by atoms with E-state index in [9.17, 15) is 9.59 Å². The fourth-order valence-corrected chi connectivity index (χ4v) is 2.47. The minimum atomic E-state index is -0.454. The molecule has 0 N–H and O–H groups in total. The molecule has 1 aromatic rings. The van der Waals surface area contributed by atoms with Crippen molar-refractivity contribution >= 4 is 11.6 Å². The first-order valence-corrected chi connectivity index (χ1v) is 7.73. The average molecular weight is 334 g/mol. The number of methoxy groups -OCH3 is 2. The van der Waals surface area contributed by atoms with Crippen molar-refractivity contribution in [3.63, 3.8) is 0 Å². The van der Waals surface area contributed by atoms with Crippen LogP contribution in [0.3, 0.4) is 0 Å². The van der Waals surface area contributed by atoms with Gasteiger partial charge >= 0.3 is 0 Å². The Kier molecular flexibility index (Phi) is 5.17. The highest BCUT2D eigenvalue weighted by atomic mass is 16.5. The number of benzene rings is 1. The molecule has 0 radical (unpaired) electrons. The Bertz CT molecular complexity index is 641. The number of allylic oxidation sites excluding steroid dienone is 2. The van der Waals surface area contributed by atoms with E-state index in [-0.39, 0.29) is 46.4 Å². The van der Waals surface area contributed by atoms with Crippen LogP contribution in [-0.2, 0) is 9.47 Å². The van der Waals surface area contributed by atoms with Crippen molar-refractivity contribution in [3.8, 4) is 11.5 Å². The zero-order valence-corrected chi connectivity index (χ0v) is 14.8. The fourth-order valence-electron chi connectivity index (χ4n) is 2.47. The fraction of sp³-hybridized carbons (Fsp3) is 0.444. The number of hydrogen-bond donors (Lipinski definition) is 0. The Hall–Kier alpha value is -2.50. The molecule has 1 aliphatic carbocycles. The monoisotopic (exact) mass is 334 g/mol. The lowest BCUT2D eigenvalue weighted by Crippen LogP contribution is -2.28. The van der Waals surface area contributed by atoms with Gasteiger partial charge in [0.15, 0.2) is 0 Å². The van der Waals surface area contributed by atoms with Gasteiger partial charge in [0.25, 0.3) is 0 Å². The third-order valence-corrected chi connectivity index (χ3v) is 3.35. The molecular weight excluding hydrogens is 312 g/mol. The molecule has 0 bridgehead atoms. The van der Waals surface area contributed by atoms with Crippen LogP contribution in [0.2, 0.25) is 0 Å². The molecular formula is C18H22O6. The largest absolute Gasteiger partial charge is 0.496 e. The van der Waals surface area contributed by atoms with Gasteiger partial charge in [0.05, 0.1) is 37.6 Å². The second kappa shape index (κ2) is 6.95. The Labute approximate surface area is 141 Å². The van der Waals surface area contributed by atoms with Gasteiger partial charge in [-0.05, 0) is 39.8 Å². The van der Waals surface area contributed by atoms with E-state index < -0.39 is 11.6 Å². The number of carbonyl (C=O) groups excluding carboxylic acids is 2. The summed E-state index contributed by atoms with van der Waals surface area (Å²) in [4.78, 5) is 26.0. The molecule has 24 heavy (non-hydrogen) atoms. The molecule has 0 unspecified atom stereocenters. The summed E-state index contributed by atoms with van der Waals surface area (Å²) in [5.74, 6) is -0.518.